The average molecular weight is 408 g/mol. The normalized spacial score (nSPS) is 12.0. The molecule has 1 heterocycles. The van der Waals surface area contributed by atoms with Crippen LogP contribution in [0.15, 0.2) is 58.2 Å². The van der Waals surface area contributed by atoms with E-state index in [-0.39, 0.29) is 17.7 Å². The molecule has 0 radical (unpaired) electrons. The van der Waals surface area contributed by atoms with Crippen molar-refractivity contribution in [3.63, 3.8) is 0 Å². The number of carbonyl (C=O) groups excluding carboxylic acids is 1. The summed E-state index contributed by atoms with van der Waals surface area (Å²) in [6.07, 6.45) is 0. The number of rotatable bonds is 6. The summed E-state index contributed by atoms with van der Waals surface area (Å²) in [5.41, 5.74) is 1.71. The van der Waals surface area contributed by atoms with Crippen LogP contribution in [0.5, 0.6) is 0 Å². The molecule has 1 amide bonds. The smallest absolute Gasteiger partial charge is 0.277 e. The topological polar surface area (TPSA) is 68.0 Å². The van der Waals surface area contributed by atoms with E-state index in [0.29, 0.717) is 21.2 Å². The van der Waals surface area contributed by atoms with E-state index in [1.54, 1.807) is 30.3 Å². The molecule has 5 nitrogen and oxygen atoms in total. The summed E-state index contributed by atoms with van der Waals surface area (Å²) >= 11 is 13.0. The summed E-state index contributed by atoms with van der Waals surface area (Å²) in [5.74, 6) is 0.429. The number of nitrogens with one attached hydrogen (secondary N) is 1. The minimum absolute atomic E-state index is 0.131. The Kier molecular flexibility index (Phi) is 6.19. The number of aromatic nitrogens is 2. The fourth-order valence-corrected chi connectivity index (χ4v) is 3.15. The van der Waals surface area contributed by atoms with Crippen LogP contribution in [0.25, 0.3) is 11.5 Å². The number of nitrogens with zero attached hydrogens (tertiary/aromatic N) is 2. The van der Waals surface area contributed by atoms with E-state index in [1.165, 1.54) is 11.8 Å². The van der Waals surface area contributed by atoms with Crippen LogP contribution in [0.3, 0.4) is 0 Å². The van der Waals surface area contributed by atoms with Gasteiger partial charge in [0.25, 0.3) is 5.22 Å². The van der Waals surface area contributed by atoms with Gasteiger partial charge in [0, 0.05) is 15.6 Å². The summed E-state index contributed by atoms with van der Waals surface area (Å²) in [6, 6.07) is 14.3. The SMILES string of the molecule is C[C@H](NC(=O)CSc1nnc(-c2ccc(Cl)cc2)o1)c1cccc(Cl)c1. The Balaban J connectivity index is 1.54. The van der Waals surface area contributed by atoms with Gasteiger partial charge in [-0.25, -0.2) is 0 Å². The first-order valence-corrected chi connectivity index (χ1v) is 9.52. The first-order chi connectivity index (χ1) is 12.5. The van der Waals surface area contributed by atoms with Gasteiger partial charge in [-0.1, -0.05) is 47.1 Å². The van der Waals surface area contributed by atoms with Gasteiger partial charge in [0.2, 0.25) is 11.8 Å². The predicted molar refractivity (Wildman–Crippen MR) is 103 cm³/mol. The molecule has 26 heavy (non-hydrogen) atoms. The van der Waals surface area contributed by atoms with Gasteiger partial charge < -0.3 is 9.73 Å². The molecule has 3 aromatic rings. The standard InChI is InChI=1S/C18H15Cl2N3O2S/c1-11(13-3-2-4-15(20)9-13)21-16(24)10-26-18-23-22-17(25-18)12-5-7-14(19)8-6-12/h2-9,11H,10H2,1H3,(H,21,24)/t11-/m0/s1. The van der Waals surface area contributed by atoms with Crippen molar-refractivity contribution in [2.45, 2.75) is 18.2 Å². The van der Waals surface area contributed by atoms with E-state index < -0.39 is 0 Å². The number of thioether (sulfide) groups is 1. The van der Waals surface area contributed by atoms with E-state index in [2.05, 4.69) is 15.5 Å². The molecule has 8 heteroatoms. The third-order valence-corrected chi connectivity index (χ3v) is 4.86. The molecule has 0 saturated carbocycles. The lowest BCUT2D eigenvalue weighted by atomic mass is 10.1. The minimum Gasteiger partial charge on any atom is -0.411 e. The van der Waals surface area contributed by atoms with Gasteiger partial charge in [0.1, 0.15) is 0 Å². The Bertz CT molecular complexity index is 899. The maximum Gasteiger partial charge on any atom is 0.277 e. The number of halogens is 2. The van der Waals surface area contributed by atoms with Crippen LogP contribution >= 0.6 is 35.0 Å². The Morgan fingerprint density at radius 3 is 2.65 bits per heavy atom. The van der Waals surface area contributed by atoms with E-state index >= 15 is 0 Å². The zero-order valence-corrected chi connectivity index (χ0v) is 16.1. The fraction of sp³-hybridized carbons (Fsp3) is 0.167. The molecule has 2 aromatic carbocycles. The summed E-state index contributed by atoms with van der Waals surface area (Å²) in [6.45, 7) is 1.90. The minimum atomic E-state index is -0.144. The van der Waals surface area contributed by atoms with Crippen LogP contribution in [0.4, 0.5) is 0 Å². The highest BCUT2D eigenvalue weighted by atomic mass is 35.5. The van der Waals surface area contributed by atoms with Crippen molar-refractivity contribution in [1.29, 1.82) is 0 Å². The monoisotopic (exact) mass is 407 g/mol. The molecule has 1 aromatic heterocycles. The first kappa shape index (κ1) is 18.8. The second-order valence-corrected chi connectivity index (χ2v) is 7.31. The molecule has 0 aliphatic rings. The highest BCUT2D eigenvalue weighted by Crippen LogP contribution is 2.24. The molecule has 0 aliphatic carbocycles. The quantitative estimate of drug-likeness (QED) is 0.581. The van der Waals surface area contributed by atoms with Crippen LogP contribution in [-0.2, 0) is 4.79 Å². The molecular formula is C18H15Cl2N3O2S. The van der Waals surface area contributed by atoms with Crippen LogP contribution in [0.2, 0.25) is 10.0 Å². The van der Waals surface area contributed by atoms with Gasteiger partial charge in [0.05, 0.1) is 11.8 Å². The highest BCUT2D eigenvalue weighted by Gasteiger charge is 2.13. The van der Waals surface area contributed by atoms with Crippen molar-refractivity contribution < 1.29 is 9.21 Å². The zero-order chi connectivity index (χ0) is 18.5. The molecule has 0 aliphatic heterocycles. The number of hydrogen-bond donors (Lipinski definition) is 1. The Morgan fingerprint density at radius 2 is 1.92 bits per heavy atom. The number of carbonyl (C=O) groups is 1. The Hall–Kier alpha value is -2.02. The van der Waals surface area contributed by atoms with Gasteiger partial charge in [-0.3, -0.25) is 4.79 Å². The molecule has 0 fully saturated rings. The first-order valence-electron chi connectivity index (χ1n) is 7.78. The lowest BCUT2D eigenvalue weighted by Gasteiger charge is -2.14. The molecule has 1 N–H and O–H groups in total. The highest BCUT2D eigenvalue weighted by molar-refractivity contribution is 7.99. The summed E-state index contributed by atoms with van der Waals surface area (Å²) in [7, 11) is 0. The van der Waals surface area contributed by atoms with Crippen molar-refractivity contribution in [1.82, 2.24) is 15.5 Å². The number of amides is 1. The molecule has 0 bridgehead atoms. The number of benzene rings is 2. The molecule has 134 valence electrons. The van der Waals surface area contributed by atoms with Gasteiger partial charge in [-0.05, 0) is 48.9 Å². The Morgan fingerprint density at radius 1 is 1.15 bits per heavy atom. The van der Waals surface area contributed by atoms with Gasteiger partial charge in [0.15, 0.2) is 0 Å². The largest absolute Gasteiger partial charge is 0.411 e. The van der Waals surface area contributed by atoms with Crippen molar-refractivity contribution in [2.24, 2.45) is 0 Å². The van der Waals surface area contributed by atoms with Crippen molar-refractivity contribution in [3.05, 3.63) is 64.1 Å². The fourth-order valence-electron chi connectivity index (χ4n) is 2.25. The van der Waals surface area contributed by atoms with E-state index in [0.717, 1.165) is 11.1 Å². The van der Waals surface area contributed by atoms with Gasteiger partial charge in [-0.2, -0.15) is 0 Å². The van der Waals surface area contributed by atoms with Crippen molar-refractivity contribution >= 4 is 40.9 Å². The summed E-state index contributed by atoms with van der Waals surface area (Å²) < 4.78 is 5.57. The molecular weight excluding hydrogens is 393 g/mol. The maximum atomic E-state index is 12.1. The lowest BCUT2D eigenvalue weighted by molar-refractivity contribution is -0.119. The molecule has 0 unspecified atom stereocenters. The van der Waals surface area contributed by atoms with Crippen LogP contribution < -0.4 is 5.32 Å². The zero-order valence-electron chi connectivity index (χ0n) is 13.8. The number of hydrogen-bond acceptors (Lipinski definition) is 5. The maximum absolute atomic E-state index is 12.1. The summed E-state index contributed by atoms with van der Waals surface area (Å²) in [4.78, 5) is 12.1. The second kappa shape index (κ2) is 8.58. The van der Waals surface area contributed by atoms with Crippen LogP contribution in [0, 0.1) is 0 Å². The molecule has 0 saturated heterocycles. The van der Waals surface area contributed by atoms with Gasteiger partial charge >= 0.3 is 0 Å². The third kappa shape index (κ3) is 5.00. The molecule has 3 rings (SSSR count). The average Bonchev–Trinajstić information content (AvgIpc) is 3.09. The Labute approximate surface area is 165 Å². The predicted octanol–water partition coefficient (Wildman–Crippen LogP) is 5.01. The second-order valence-electron chi connectivity index (χ2n) is 5.51. The van der Waals surface area contributed by atoms with E-state index in [1.807, 2.05) is 25.1 Å². The van der Waals surface area contributed by atoms with Crippen LogP contribution in [0.1, 0.15) is 18.5 Å². The third-order valence-electron chi connectivity index (χ3n) is 3.55. The van der Waals surface area contributed by atoms with Crippen LogP contribution in [-0.4, -0.2) is 21.9 Å². The molecule has 0 spiro atoms. The lowest BCUT2D eigenvalue weighted by Crippen LogP contribution is -2.28. The van der Waals surface area contributed by atoms with Crippen molar-refractivity contribution in [2.75, 3.05) is 5.75 Å². The van der Waals surface area contributed by atoms with Gasteiger partial charge in [-0.15, -0.1) is 10.2 Å². The molecule has 1 atom stereocenters. The summed E-state index contributed by atoms with van der Waals surface area (Å²) in [5, 5.41) is 12.5. The van der Waals surface area contributed by atoms with Crippen molar-refractivity contribution in [3.8, 4) is 11.5 Å². The van der Waals surface area contributed by atoms with E-state index in [4.69, 9.17) is 27.6 Å². The van der Waals surface area contributed by atoms with E-state index in [9.17, 15) is 4.79 Å².